The van der Waals surface area contributed by atoms with Crippen molar-refractivity contribution < 1.29 is 24.2 Å². The van der Waals surface area contributed by atoms with E-state index in [-0.39, 0.29) is 17.6 Å². The molecule has 1 aromatic carbocycles. The second kappa shape index (κ2) is 7.36. The van der Waals surface area contributed by atoms with Crippen LogP contribution in [0.4, 0.5) is 0 Å². The standard InChI is InChI=1S/C23H30O5/c1-14(2)23(26)11-10-22(4)13-18(24)15(3)12-19(20(22)23)28-21(25)16-6-8-17(27-5)9-7-16/h6-9,12,14,19-20,26H,10-11,13H2,1-5H3/t19-,20-,22-,23-/m1/s1. The van der Waals surface area contributed by atoms with Gasteiger partial charge in [-0.1, -0.05) is 20.8 Å². The van der Waals surface area contributed by atoms with Crippen LogP contribution in [0.5, 0.6) is 5.75 Å². The number of Topliss-reactive ketones (excluding diaryl/α,β-unsaturated/α-hetero) is 1. The number of aliphatic hydroxyl groups is 1. The van der Waals surface area contributed by atoms with Crippen LogP contribution in [-0.4, -0.2) is 35.7 Å². The highest BCUT2D eigenvalue weighted by Gasteiger charge is 2.60. The van der Waals surface area contributed by atoms with Gasteiger partial charge in [-0.15, -0.1) is 0 Å². The van der Waals surface area contributed by atoms with Crippen molar-refractivity contribution >= 4 is 11.8 Å². The normalized spacial score (nSPS) is 32.5. The van der Waals surface area contributed by atoms with Gasteiger partial charge in [0.2, 0.25) is 0 Å². The van der Waals surface area contributed by atoms with Crippen LogP contribution in [0.25, 0.3) is 0 Å². The van der Waals surface area contributed by atoms with Gasteiger partial charge in [-0.05, 0) is 67.0 Å². The van der Waals surface area contributed by atoms with E-state index in [1.807, 2.05) is 20.8 Å². The fourth-order valence-corrected chi connectivity index (χ4v) is 4.89. The first-order valence-corrected chi connectivity index (χ1v) is 9.90. The number of fused-ring (bicyclic) bond motifs is 1. The molecule has 0 bridgehead atoms. The molecule has 1 fully saturated rings. The van der Waals surface area contributed by atoms with Gasteiger partial charge in [-0.3, -0.25) is 4.79 Å². The topological polar surface area (TPSA) is 72.8 Å². The number of ether oxygens (including phenoxy) is 2. The van der Waals surface area contributed by atoms with Crippen LogP contribution in [0.3, 0.4) is 0 Å². The van der Waals surface area contributed by atoms with Crippen LogP contribution >= 0.6 is 0 Å². The summed E-state index contributed by atoms with van der Waals surface area (Å²) in [7, 11) is 1.57. The highest BCUT2D eigenvalue weighted by Crippen LogP contribution is 2.57. The largest absolute Gasteiger partial charge is 0.497 e. The zero-order valence-electron chi connectivity index (χ0n) is 17.3. The molecule has 28 heavy (non-hydrogen) atoms. The SMILES string of the molecule is COc1ccc(C(=O)O[C@@H]2C=C(C)C(=O)C[C@@]3(C)CC[C@@](O)(C(C)C)[C@H]23)cc1. The number of hydrogen-bond donors (Lipinski definition) is 1. The van der Waals surface area contributed by atoms with Crippen molar-refractivity contribution in [3.63, 3.8) is 0 Å². The maximum Gasteiger partial charge on any atom is 0.338 e. The molecule has 1 saturated carbocycles. The number of esters is 1. The van der Waals surface area contributed by atoms with Crippen molar-refractivity contribution in [2.45, 2.75) is 58.7 Å². The Morgan fingerprint density at radius 3 is 2.43 bits per heavy atom. The Hall–Kier alpha value is -2.14. The summed E-state index contributed by atoms with van der Waals surface area (Å²) in [6, 6.07) is 6.72. The second-order valence-electron chi connectivity index (χ2n) is 8.83. The van der Waals surface area contributed by atoms with Gasteiger partial charge >= 0.3 is 5.97 Å². The maximum atomic E-state index is 12.8. The second-order valence-corrected chi connectivity index (χ2v) is 8.83. The average Bonchev–Trinajstić information content (AvgIpc) is 2.87. The molecule has 152 valence electrons. The summed E-state index contributed by atoms with van der Waals surface area (Å²) in [4.78, 5) is 25.4. The molecule has 0 saturated heterocycles. The van der Waals surface area contributed by atoms with E-state index in [1.165, 1.54) is 0 Å². The smallest absolute Gasteiger partial charge is 0.338 e. The Morgan fingerprint density at radius 2 is 1.86 bits per heavy atom. The summed E-state index contributed by atoms with van der Waals surface area (Å²) in [5, 5.41) is 11.5. The van der Waals surface area contributed by atoms with E-state index >= 15 is 0 Å². The molecule has 0 radical (unpaired) electrons. The van der Waals surface area contributed by atoms with E-state index in [4.69, 9.17) is 9.47 Å². The number of rotatable bonds is 4. The molecule has 0 unspecified atom stereocenters. The highest BCUT2D eigenvalue weighted by molar-refractivity contribution is 5.96. The quantitative estimate of drug-likeness (QED) is 0.794. The fraction of sp³-hybridized carbons (Fsp3) is 0.565. The Morgan fingerprint density at radius 1 is 1.21 bits per heavy atom. The monoisotopic (exact) mass is 386 g/mol. The molecule has 1 aromatic rings. The van der Waals surface area contributed by atoms with Crippen molar-refractivity contribution in [3.8, 4) is 5.75 Å². The number of hydrogen-bond acceptors (Lipinski definition) is 5. The molecule has 2 aliphatic rings. The van der Waals surface area contributed by atoms with Crippen LogP contribution < -0.4 is 4.74 Å². The first-order chi connectivity index (χ1) is 13.1. The van der Waals surface area contributed by atoms with Gasteiger partial charge in [0, 0.05) is 12.3 Å². The van der Waals surface area contributed by atoms with Crippen molar-refractivity contribution in [2.24, 2.45) is 17.3 Å². The molecule has 5 nitrogen and oxygen atoms in total. The average molecular weight is 386 g/mol. The lowest BCUT2D eigenvalue weighted by Gasteiger charge is -2.42. The molecule has 0 aliphatic heterocycles. The predicted molar refractivity (Wildman–Crippen MR) is 106 cm³/mol. The van der Waals surface area contributed by atoms with Crippen LogP contribution in [-0.2, 0) is 9.53 Å². The summed E-state index contributed by atoms with van der Waals surface area (Å²) >= 11 is 0. The summed E-state index contributed by atoms with van der Waals surface area (Å²) in [5.74, 6) is -0.0909. The number of carbonyl (C=O) groups excluding carboxylic acids is 2. The first-order valence-electron chi connectivity index (χ1n) is 9.90. The molecule has 5 heteroatoms. The van der Waals surface area contributed by atoms with Crippen LogP contribution in [0, 0.1) is 17.3 Å². The molecule has 0 spiro atoms. The Kier molecular flexibility index (Phi) is 5.41. The van der Waals surface area contributed by atoms with Crippen molar-refractivity contribution in [1.82, 2.24) is 0 Å². The fourth-order valence-electron chi connectivity index (χ4n) is 4.89. The third kappa shape index (κ3) is 3.48. The van der Waals surface area contributed by atoms with Gasteiger partial charge < -0.3 is 14.6 Å². The summed E-state index contributed by atoms with van der Waals surface area (Å²) in [6.45, 7) is 7.76. The van der Waals surface area contributed by atoms with Crippen molar-refractivity contribution in [3.05, 3.63) is 41.5 Å². The minimum absolute atomic E-state index is 0.0107. The number of benzene rings is 1. The Bertz CT molecular complexity index is 794. The number of ketones is 1. The van der Waals surface area contributed by atoms with Gasteiger partial charge in [0.25, 0.3) is 0 Å². The molecule has 2 aliphatic carbocycles. The Balaban J connectivity index is 1.97. The third-order valence-corrected chi connectivity index (χ3v) is 6.70. The summed E-state index contributed by atoms with van der Waals surface area (Å²) in [6.07, 6.45) is 2.78. The van der Waals surface area contributed by atoms with Crippen molar-refractivity contribution in [1.29, 1.82) is 0 Å². The lowest BCUT2D eigenvalue weighted by Crippen LogP contribution is -2.50. The molecule has 1 N–H and O–H groups in total. The van der Waals surface area contributed by atoms with Crippen LogP contribution in [0.2, 0.25) is 0 Å². The van der Waals surface area contributed by atoms with Gasteiger partial charge in [0.1, 0.15) is 11.9 Å². The van der Waals surface area contributed by atoms with E-state index in [0.717, 1.165) is 6.42 Å². The van der Waals surface area contributed by atoms with E-state index in [0.29, 0.717) is 29.7 Å². The molecule has 4 atom stereocenters. The molecule has 3 rings (SSSR count). The van der Waals surface area contributed by atoms with Crippen LogP contribution in [0.1, 0.15) is 57.3 Å². The van der Waals surface area contributed by atoms with Gasteiger partial charge in [-0.2, -0.15) is 0 Å². The maximum absolute atomic E-state index is 12.8. The molecule has 0 aromatic heterocycles. The van der Waals surface area contributed by atoms with E-state index in [9.17, 15) is 14.7 Å². The number of carbonyl (C=O) groups is 2. The highest BCUT2D eigenvalue weighted by atomic mass is 16.5. The minimum atomic E-state index is -0.985. The van der Waals surface area contributed by atoms with E-state index < -0.39 is 23.1 Å². The third-order valence-electron chi connectivity index (χ3n) is 6.70. The van der Waals surface area contributed by atoms with Gasteiger partial charge in [0.15, 0.2) is 5.78 Å². The molecular weight excluding hydrogens is 356 g/mol. The van der Waals surface area contributed by atoms with Crippen LogP contribution in [0.15, 0.2) is 35.9 Å². The first kappa shape index (κ1) is 20.6. The zero-order chi connectivity index (χ0) is 20.7. The number of methoxy groups -OCH3 is 1. The molecule has 0 heterocycles. The minimum Gasteiger partial charge on any atom is -0.497 e. The molecule has 0 amide bonds. The lowest BCUT2D eigenvalue weighted by molar-refractivity contribution is -0.122. The lowest BCUT2D eigenvalue weighted by atomic mass is 9.68. The zero-order valence-corrected chi connectivity index (χ0v) is 17.3. The van der Waals surface area contributed by atoms with E-state index in [2.05, 4.69) is 0 Å². The summed E-state index contributed by atoms with van der Waals surface area (Å²) < 4.78 is 11.0. The summed E-state index contributed by atoms with van der Waals surface area (Å²) in [5.41, 5.74) is -0.388. The number of allylic oxidation sites excluding steroid dienone is 1. The van der Waals surface area contributed by atoms with Crippen molar-refractivity contribution in [2.75, 3.05) is 7.11 Å². The predicted octanol–water partition coefficient (Wildman–Crippen LogP) is 3.94. The Labute approximate surface area is 166 Å². The van der Waals surface area contributed by atoms with E-state index in [1.54, 1.807) is 44.4 Å². The molecular formula is C23H30O5. The van der Waals surface area contributed by atoms with Gasteiger partial charge in [-0.25, -0.2) is 4.79 Å². The van der Waals surface area contributed by atoms with Gasteiger partial charge in [0.05, 0.1) is 18.3 Å².